The van der Waals surface area contributed by atoms with Crippen LogP contribution in [0.15, 0.2) is 29.3 Å². The number of aromatic hydroxyl groups is 1. The zero-order chi connectivity index (χ0) is 9.26. The first kappa shape index (κ1) is 7.79. The fourth-order valence-corrected chi connectivity index (χ4v) is 1.22. The number of amides is 1. The van der Waals surface area contributed by atoms with Gasteiger partial charge in [-0.2, -0.15) is 0 Å². The van der Waals surface area contributed by atoms with E-state index >= 15 is 0 Å². The second kappa shape index (κ2) is 2.90. The van der Waals surface area contributed by atoms with Gasteiger partial charge in [0.2, 0.25) is 0 Å². The summed E-state index contributed by atoms with van der Waals surface area (Å²) in [4.78, 5) is 15.1. The van der Waals surface area contributed by atoms with E-state index in [1.54, 1.807) is 12.1 Å². The van der Waals surface area contributed by atoms with Gasteiger partial charge in [-0.1, -0.05) is 12.1 Å². The lowest BCUT2D eigenvalue weighted by Gasteiger charge is -2.04. The Morgan fingerprint density at radius 2 is 2.00 bits per heavy atom. The molecule has 2 rings (SSSR count). The Morgan fingerprint density at radius 1 is 1.31 bits per heavy atom. The Morgan fingerprint density at radius 3 is 2.54 bits per heavy atom. The van der Waals surface area contributed by atoms with Gasteiger partial charge in [-0.05, 0) is 17.7 Å². The van der Waals surface area contributed by atoms with Gasteiger partial charge in [0.1, 0.15) is 5.75 Å². The van der Waals surface area contributed by atoms with Crippen LogP contribution >= 0.6 is 0 Å². The second-order valence-electron chi connectivity index (χ2n) is 2.78. The third-order valence-corrected chi connectivity index (χ3v) is 1.89. The number of nitrogens with zero attached hydrogens (tertiary/aromatic N) is 1. The molecule has 0 saturated heterocycles. The van der Waals surface area contributed by atoms with Gasteiger partial charge in [0.05, 0.1) is 6.34 Å². The number of phenolic OH excluding ortho intramolecular Hbond substituents is 1. The highest BCUT2D eigenvalue weighted by Gasteiger charge is 2.22. The summed E-state index contributed by atoms with van der Waals surface area (Å²) in [7, 11) is 0. The molecule has 0 saturated carbocycles. The van der Waals surface area contributed by atoms with Crippen LogP contribution in [0.1, 0.15) is 11.6 Å². The van der Waals surface area contributed by atoms with Gasteiger partial charge in [-0.3, -0.25) is 9.79 Å². The van der Waals surface area contributed by atoms with Crippen LogP contribution in [-0.4, -0.2) is 17.4 Å². The molecule has 1 aromatic carbocycles. The summed E-state index contributed by atoms with van der Waals surface area (Å²) in [6.45, 7) is 0. The van der Waals surface area contributed by atoms with Crippen molar-refractivity contribution in [2.24, 2.45) is 4.99 Å². The average molecular weight is 176 g/mol. The highest BCUT2D eigenvalue weighted by Crippen LogP contribution is 2.21. The molecule has 2 N–H and O–H groups in total. The molecule has 0 bridgehead atoms. The van der Waals surface area contributed by atoms with E-state index < -0.39 is 6.04 Å². The lowest BCUT2D eigenvalue weighted by Crippen LogP contribution is -2.19. The van der Waals surface area contributed by atoms with Crippen LogP contribution in [0.4, 0.5) is 0 Å². The molecule has 1 atom stereocenters. The SMILES string of the molecule is O=C1NC=NC1c1ccc(O)cc1. The number of benzene rings is 1. The predicted octanol–water partition coefficient (Wildman–Crippen LogP) is 0.591. The van der Waals surface area contributed by atoms with Crippen molar-refractivity contribution < 1.29 is 9.90 Å². The maximum absolute atomic E-state index is 11.2. The number of aliphatic imine (C=N–C) groups is 1. The minimum absolute atomic E-state index is 0.134. The topological polar surface area (TPSA) is 61.7 Å². The molecule has 0 spiro atoms. The van der Waals surface area contributed by atoms with Crippen molar-refractivity contribution in [3.8, 4) is 5.75 Å². The summed E-state index contributed by atoms with van der Waals surface area (Å²) in [5.41, 5.74) is 0.782. The second-order valence-corrected chi connectivity index (χ2v) is 2.78. The highest BCUT2D eigenvalue weighted by molar-refractivity contribution is 5.97. The first-order valence-corrected chi connectivity index (χ1v) is 3.88. The van der Waals surface area contributed by atoms with Crippen molar-refractivity contribution in [1.82, 2.24) is 5.32 Å². The number of rotatable bonds is 1. The summed E-state index contributed by atoms with van der Waals surface area (Å²) in [6, 6.07) is 5.98. The average Bonchev–Trinajstić information content (AvgIpc) is 2.53. The lowest BCUT2D eigenvalue weighted by atomic mass is 10.1. The fraction of sp³-hybridized carbons (Fsp3) is 0.111. The maximum Gasteiger partial charge on any atom is 0.254 e. The Bertz CT molecular complexity index is 356. The molecule has 1 aliphatic rings. The summed E-state index contributed by atoms with van der Waals surface area (Å²) >= 11 is 0. The lowest BCUT2D eigenvalue weighted by molar-refractivity contribution is -0.120. The number of phenols is 1. The van der Waals surface area contributed by atoms with Crippen LogP contribution in [0.25, 0.3) is 0 Å². The third kappa shape index (κ3) is 1.38. The van der Waals surface area contributed by atoms with Crippen molar-refractivity contribution in [3.63, 3.8) is 0 Å². The molecular weight excluding hydrogens is 168 g/mol. The number of hydrogen-bond donors (Lipinski definition) is 2. The zero-order valence-corrected chi connectivity index (χ0v) is 6.77. The maximum atomic E-state index is 11.2. The van der Waals surface area contributed by atoms with Crippen LogP contribution in [-0.2, 0) is 4.79 Å². The highest BCUT2D eigenvalue weighted by atomic mass is 16.3. The summed E-state index contributed by atoms with van der Waals surface area (Å²) in [5, 5.41) is 11.5. The molecule has 1 unspecified atom stereocenters. The molecule has 0 aromatic heterocycles. The molecule has 4 heteroatoms. The van der Waals surface area contributed by atoms with E-state index in [0.717, 1.165) is 5.56 Å². The quantitative estimate of drug-likeness (QED) is 0.657. The fourth-order valence-electron chi connectivity index (χ4n) is 1.22. The van der Waals surface area contributed by atoms with Gasteiger partial charge >= 0.3 is 0 Å². The first-order chi connectivity index (χ1) is 6.27. The van der Waals surface area contributed by atoms with E-state index in [0.29, 0.717) is 0 Å². The van der Waals surface area contributed by atoms with Crippen LogP contribution in [0.5, 0.6) is 5.75 Å². The Hall–Kier alpha value is -1.84. The minimum atomic E-state index is -0.458. The zero-order valence-electron chi connectivity index (χ0n) is 6.77. The number of nitrogens with one attached hydrogen (secondary N) is 1. The Labute approximate surface area is 74.9 Å². The van der Waals surface area contributed by atoms with E-state index in [9.17, 15) is 4.79 Å². The monoisotopic (exact) mass is 176 g/mol. The molecule has 66 valence electrons. The number of carbonyl (C=O) groups is 1. The molecule has 1 amide bonds. The Balaban J connectivity index is 2.30. The predicted molar refractivity (Wildman–Crippen MR) is 47.5 cm³/mol. The summed E-state index contributed by atoms with van der Waals surface area (Å²) in [5.74, 6) is 0.0526. The molecule has 0 radical (unpaired) electrons. The van der Waals surface area contributed by atoms with Crippen LogP contribution in [0.3, 0.4) is 0 Å². The minimum Gasteiger partial charge on any atom is -0.508 e. The number of carbonyl (C=O) groups excluding carboxylic acids is 1. The van der Waals surface area contributed by atoms with Gasteiger partial charge in [0.25, 0.3) is 5.91 Å². The molecule has 1 aliphatic heterocycles. The third-order valence-electron chi connectivity index (χ3n) is 1.89. The molecule has 1 aromatic rings. The summed E-state index contributed by atoms with van der Waals surface area (Å²) in [6.07, 6.45) is 1.39. The summed E-state index contributed by atoms with van der Waals surface area (Å²) < 4.78 is 0. The molecular formula is C9H8N2O2. The molecule has 13 heavy (non-hydrogen) atoms. The van der Waals surface area contributed by atoms with E-state index in [-0.39, 0.29) is 11.7 Å². The van der Waals surface area contributed by atoms with Gasteiger partial charge in [-0.25, -0.2) is 0 Å². The van der Waals surface area contributed by atoms with E-state index in [1.807, 2.05) is 0 Å². The van der Waals surface area contributed by atoms with Crippen molar-refractivity contribution in [3.05, 3.63) is 29.8 Å². The van der Waals surface area contributed by atoms with E-state index in [4.69, 9.17) is 5.11 Å². The largest absolute Gasteiger partial charge is 0.508 e. The standard InChI is InChI=1S/C9H8N2O2/c12-7-3-1-6(2-4-7)8-9(13)11-5-10-8/h1-5,8,12H,(H,10,11,13). The van der Waals surface area contributed by atoms with Crippen molar-refractivity contribution in [2.75, 3.05) is 0 Å². The van der Waals surface area contributed by atoms with Crippen molar-refractivity contribution in [1.29, 1.82) is 0 Å². The normalized spacial score (nSPS) is 20.3. The molecule has 0 aliphatic carbocycles. The van der Waals surface area contributed by atoms with Crippen molar-refractivity contribution in [2.45, 2.75) is 6.04 Å². The molecule has 4 nitrogen and oxygen atoms in total. The van der Waals surface area contributed by atoms with Gasteiger partial charge < -0.3 is 10.4 Å². The van der Waals surface area contributed by atoms with E-state index in [1.165, 1.54) is 18.5 Å². The first-order valence-electron chi connectivity index (χ1n) is 3.88. The smallest absolute Gasteiger partial charge is 0.254 e. The van der Waals surface area contributed by atoms with Crippen LogP contribution < -0.4 is 5.32 Å². The van der Waals surface area contributed by atoms with Crippen LogP contribution in [0, 0.1) is 0 Å². The van der Waals surface area contributed by atoms with Crippen LogP contribution in [0.2, 0.25) is 0 Å². The number of hydrogen-bond acceptors (Lipinski definition) is 3. The molecule has 0 fully saturated rings. The van der Waals surface area contributed by atoms with Gasteiger partial charge in [-0.15, -0.1) is 0 Å². The van der Waals surface area contributed by atoms with Crippen molar-refractivity contribution >= 4 is 12.2 Å². The van der Waals surface area contributed by atoms with Gasteiger partial charge in [0.15, 0.2) is 6.04 Å². The Kier molecular flexibility index (Phi) is 1.73. The molecule has 1 heterocycles. The van der Waals surface area contributed by atoms with E-state index in [2.05, 4.69) is 10.3 Å². The van der Waals surface area contributed by atoms with Gasteiger partial charge in [0, 0.05) is 0 Å².